The fraction of sp³-hybridized carbons (Fsp3) is 0.786. The molecule has 1 N–H and O–H groups in total. The van der Waals surface area contributed by atoms with Gasteiger partial charge >= 0.3 is 0 Å². The molecule has 0 aromatic carbocycles. The van der Waals surface area contributed by atoms with E-state index in [1.165, 1.54) is 32.1 Å². The van der Waals surface area contributed by atoms with Crippen LogP contribution in [-0.2, 0) is 11.3 Å². The highest BCUT2D eigenvalue weighted by molar-refractivity contribution is 5.28. The number of ether oxygens (including phenoxy) is 1. The summed E-state index contributed by atoms with van der Waals surface area (Å²) in [6.45, 7) is 4.69. The first-order valence-corrected chi connectivity index (χ1v) is 7.06. The third-order valence-corrected chi connectivity index (χ3v) is 3.71. The van der Waals surface area contributed by atoms with Crippen LogP contribution >= 0.6 is 0 Å². The molecule has 4 nitrogen and oxygen atoms in total. The van der Waals surface area contributed by atoms with Crippen LogP contribution in [0.4, 0.5) is 5.95 Å². The fourth-order valence-corrected chi connectivity index (χ4v) is 2.67. The third kappa shape index (κ3) is 3.73. The number of hydrogen-bond acceptors (Lipinski definition) is 3. The summed E-state index contributed by atoms with van der Waals surface area (Å²) in [5.41, 5.74) is 1.07. The van der Waals surface area contributed by atoms with E-state index in [2.05, 4.69) is 21.1 Å². The van der Waals surface area contributed by atoms with E-state index in [9.17, 15) is 0 Å². The topological polar surface area (TPSA) is 39.1 Å². The molecule has 1 aliphatic carbocycles. The molecule has 0 amide bonds. The number of aromatic nitrogens is 2. The van der Waals surface area contributed by atoms with Crippen molar-refractivity contribution >= 4 is 5.95 Å². The van der Waals surface area contributed by atoms with Gasteiger partial charge in [0, 0.05) is 26.4 Å². The van der Waals surface area contributed by atoms with Gasteiger partial charge < -0.3 is 14.6 Å². The first-order valence-electron chi connectivity index (χ1n) is 7.06. The number of nitrogens with one attached hydrogen (secondary N) is 1. The van der Waals surface area contributed by atoms with Gasteiger partial charge in [0.05, 0.1) is 12.3 Å². The van der Waals surface area contributed by atoms with Crippen LogP contribution in [-0.4, -0.2) is 29.8 Å². The molecule has 0 unspecified atom stereocenters. The molecule has 0 bridgehead atoms. The van der Waals surface area contributed by atoms with E-state index in [4.69, 9.17) is 4.74 Å². The van der Waals surface area contributed by atoms with Gasteiger partial charge in [-0.2, -0.15) is 0 Å². The lowest BCUT2D eigenvalue weighted by Gasteiger charge is -2.22. The van der Waals surface area contributed by atoms with E-state index >= 15 is 0 Å². The molecule has 1 aliphatic rings. The minimum atomic E-state index is 0.730. The van der Waals surface area contributed by atoms with Crippen molar-refractivity contribution in [2.24, 2.45) is 5.92 Å². The summed E-state index contributed by atoms with van der Waals surface area (Å²) in [7, 11) is 1.74. The fourth-order valence-electron chi connectivity index (χ4n) is 2.67. The van der Waals surface area contributed by atoms with Crippen molar-refractivity contribution in [2.75, 3.05) is 25.6 Å². The van der Waals surface area contributed by atoms with Crippen LogP contribution in [0.25, 0.3) is 0 Å². The molecule has 0 atom stereocenters. The highest BCUT2D eigenvalue weighted by atomic mass is 16.5. The van der Waals surface area contributed by atoms with Crippen molar-refractivity contribution in [3.63, 3.8) is 0 Å². The van der Waals surface area contributed by atoms with Gasteiger partial charge in [0.2, 0.25) is 5.95 Å². The maximum Gasteiger partial charge on any atom is 0.203 e. The molecule has 0 radical (unpaired) electrons. The molecule has 0 aliphatic heterocycles. The monoisotopic (exact) mass is 251 g/mol. The SMILES string of the molecule is COCCn1cc(C)nc1NCC1CCCCC1. The Kier molecular flexibility index (Phi) is 5.05. The average Bonchev–Trinajstić information content (AvgIpc) is 2.75. The summed E-state index contributed by atoms with van der Waals surface area (Å²) in [5.74, 6) is 1.82. The van der Waals surface area contributed by atoms with Crippen molar-refractivity contribution in [1.82, 2.24) is 9.55 Å². The molecule has 102 valence electrons. The van der Waals surface area contributed by atoms with Crippen LogP contribution in [0, 0.1) is 12.8 Å². The smallest absolute Gasteiger partial charge is 0.203 e. The van der Waals surface area contributed by atoms with Gasteiger partial charge in [-0.25, -0.2) is 4.98 Å². The Morgan fingerprint density at radius 3 is 2.89 bits per heavy atom. The second-order valence-electron chi connectivity index (χ2n) is 5.28. The first kappa shape index (κ1) is 13.4. The van der Waals surface area contributed by atoms with Crippen molar-refractivity contribution in [3.05, 3.63) is 11.9 Å². The summed E-state index contributed by atoms with van der Waals surface area (Å²) < 4.78 is 7.28. The molecule has 0 spiro atoms. The van der Waals surface area contributed by atoms with Crippen LogP contribution in [0.5, 0.6) is 0 Å². The summed E-state index contributed by atoms with van der Waals surface area (Å²) in [6, 6.07) is 0. The van der Waals surface area contributed by atoms with E-state index < -0.39 is 0 Å². The predicted molar refractivity (Wildman–Crippen MR) is 73.9 cm³/mol. The summed E-state index contributed by atoms with van der Waals surface area (Å²) >= 11 is 0. The lowest BCUT2D eigenvalue weighted by molar-refractivity contribution is 0.187. The van der Waals surface area contributed by atoms with Gasteiger partial charge in [0.1, 0.15) is 0 Å². The van der Waals surface area contributed by atoms with Crippen molar-refractivity contribution in [3.8, 4) is 0 Å². The average molecular weight is 251 g/mol. The molecule has 1 saturated carbocycles. The molecular weight excluding hydrogens is 226 g/mol. The van der Waals surface area contributed by atoms with Crippen LogP contribution in [0.2, 0.25) is 0 Å². The van der Waals surface area contributed by atoms with Crippen molar-refractivity contribution < 1.29 is 4.74 Å². The normalized spacial score (nSPS) is 17.0. The molecule has 1 heterocycles. The van der Waals surface area contributed by atoms with Crippen LogP contribution in [0.3, 0.4) is 0 Å². The largest absolute Gasteiger partial charge is 0.383 e. The maximum absolute atomic E-state index is 5.13. The number of rotatable bonds is 6. The number of nitrogens with zero attached hydrogens (tertiary/aromatic N) is 2. The molecule has 4 heteroatoms. The standard InChI is InChI=1S/C14H25N3O/c1-12-11-17(8-9-18-2)14(16-12)15-10-13-6-4-3-5-7-13/h11,13H,3-10H2,1-2H3,(H,15,16). The van der Waals surface area contributed by atoms with Gasteiger partial charge in [-0.3, -0.25) is 0 Å². The summed E-state index contributed by atoms with van der Waals surface area (Å²) in [5, 5.41) is 3.51. The Morgan fingerprint density at radius 2 is 2.17 bits per heavy atom. The van der Waals surface area contributed by atoms with Crippen molar-refractivity contribution in [1.29, 1.82) is 0 Å². The second-order valence-corrected chi connectivity index (χ2v) is 5.28. The maximum atomic E-state index is 5.13. The Labute approximate surface area is 110 Å². The second kappa shape index (κ2) is 6.78. The van der Waals surface area contributed by atoms with Crippen LogP contribution in [0.1, 0.15) is 37.8 Å². The molecule has 0 saturated heterocycles. The molecular formula is C14H25N3O. The third-order valence-electron chi connectivity index (χ3n) is 3.71. The van der Waals surface area contributed by atoms with Crippen molar-refractivity contribution in [2.45, 2.75) is 45.6 Å². The van der Waals surface area contributed by atoms with E-state index in [-0.39, 0.29) is 0 Å². The van der Waals surface area contributed by atoms with Crippen LogP contribution in [0.15, 0.2) is 6.20 Å². The van der Waals surface area contributed by atoms with Gasteiger partial charge in [0.15, 0.2) is 0 Å². The number of imidazole rings is 1. The van der Waals surface area contributed by atoms with E-state index in [1.807, 2.05) is 6.92 Å². The number of methoxy groups -OCH3 is 1. The van der Waals surface area contributed by atoms with Gasteiger partial charge in [-0.05, 0) is 25.7 Å². The van der Waals surface area contributed by atoms with E-state index in [1.54, 1.807) is 7.11 Å². The minimum Gasteiger partial charge on any atom is -0.383 e. The van der Waals surface area contributed by atoms with E-state index in [0.29, 0.717) is 0 Å². The minimum absolute atomic E-state index is 0.730. The molecule has 1 aromatic heterocycles. The first-order chi connectivity index (χ1) is 8.79. The molecule has 1 aromatic rings. The highest BCUT2D eigenvalue weighted by Crippen LogP contribution is 2.23. The zero-order chi connectivity index (χ0) is 12.8. The Bertz CT molecular complexity index is 356. The van der Waals surface area contributed by atoms with Gasteiger partial charge in [0.25, 0.3) is 0 Å². The van der Waals surface area contributed by atoms with E-state index in [0.717, 1.165) is 37.3 Å². The molecule has 2 rings (SSSR count). The summed E-state index contributed by atoms with van der Waals surface area (Å²) in [4.78, 5) is 4.54. The number of hydrogen-bond donors (Lipinski definition) is 1. The zero-order valence-corrected chi connectivity index (χ0v) is 11.6. The number of anilines is 1. The summed E-state index contributed by atoms with van der Waals surface area (Å²) in [6.07, 6.45) is 9.02. The molecule has 18 heavy (non-hydrogen) atoms. The Balaban J connectivity index is 1.86. The highest BCUT2D eigenvalue weighted by Gasteiger charge is 2.14. The Morgan fingerprint density at radius 1 is 1.39 bits per heavy atom. The van der Waals surface area contributed by atoms with Crippen LogP contribution < -0.4 is 5.32 Å². The lowest BCUT2D eigenvalue weighted by atomic mass is 9.89. The van der Waals surface area contributed by atoms with Gasteiger partial charge in [-0.1, -0.05) is 19.3 Å². The molecule has 1 fully saturated rings. The zero-order valence-electron chi connectivity index (χ0n) is 11.6. The predicted octanol–water partition coefficient (Wildman–Crippen LogP) is 2.83. The van der Waals surface area contributed by atoms with Gasteiger partial charge in [-0.15, -0.1) is 0 Å². The lowest BCUT2D eigenvalue weighted by Crippen LogP contribution is -2.19. The number of aryl methyl sites for hydroxylation is 1. The Hall–Kier alpha value is -1.03. The quantitative estimate of drug-likeness (QED) is 0.845.